The highest BCUT2D eigenvalue weighted by Crippen LogP contribution is 2.35. The van der Waals surface area contributed by atoms with E-state index in [1.54, 1.807) is 18.7 Å². The van der Waals surface area contributed by atoms with Crippen molar-refractivity contribution in [2.45, 2.75) is 26.7 Å². The first-order valence-corrected chi connectivity index (χ1v) is 10.1. The summed E-state index contributed by atoms with van der Waals surface area (Å²) in [4.78, 5) is 50.6. The number of ether oxygens (including phenoxy) is 1. The van der Waals surface area contributed by atoms with Gasteiger partial charge < -0.3 is 15.0 Å². The molecule has 0 saturated carbocycles. The highest BCUT2D eigenvalue weighted by atomic mass is 32.1. The van der Waals surface area contributed by atoms with Crippen molar-refractivity contribution < 1.29 is 24.0 Å². The van der Waals surface area contributed by atoms with Gasteiger partial charge in [0.25, 0.3) is 17.5 Å². The van der Waals surface area contributed by atoms with E-state index in [1.165, 1.54) is 25.3 Å². The smallest absolute Gasteiger partial charge is 0.341 e. The van der Waals surface area contributed by atoms with Crippen molar-refractivity contribution in [2.75, 3.05) is 25.5 Å². The second-order valence-corrected chi connectivity index (χ2v) is 7.98. The van der Waals surface area contributed by atoms with Crippen LogP contribution in [0.2, 0.25) is 0 Å². The fourth-order valence-corrected chi connectivity index (χ4v) is 4.50. The number of rotatable bonds is 5. The topological polar surface area (TPSA) is 119 Å². The Bertz CT molecular complexity index is 1040. The molecule has 0 radical (unpaired) electrons. The minimum absolute atomic E-state index is 0.0709. The molecule has 9 nitrogen and oxygen atoms in total. The number of methoxy groups -OCH3 is 1. The number of esters is 1. The third-order valence-electron chi connectivity index (χ3n) is 5.02. The molecule has 2 heterocycles. The van der Waals surface area contributed by atoms with Crippen LogP contribution in [0, 0.1) is 24.0 Å². The molecule has 10 heteroatoms. The van der Waals surface area contributed by atoms with E-state index in [-0.39, 0.29) is 27.7 Å². The second kappa shape index (κ2) is 8.62. The predicted molar refractivity (Wildman–Crippen MR) is 111 cm³/mol. The molecule has 2 aromatic rings. The average Bonchev–Trinajstić information content (AvgIpc) is 3.35. The summed E-state index contributed by atoms with van der Waals surface area (Å²) in [5.74, 6) is -1.48. The lowest BCUT2D eigenvalue weighted by molar-refractivity contribution is -0.385. The average molecular weight is 431 g/mol. The number of nitro groups is 1. The van der Waals surface area contributed by atoms with E-state index < -0.39 is 16.8 Å². The summed E-state index contributed by atoms with van der Waals surface area (Å²) in [5.41, 5.74) is 0.871. The first-order chi connectivity index (χ1) is 14.2. The van der Waals surface area contributed by atoms with Gasteiger partial charge in [-0.2, -0.15) is 0 Å². The van der Waals surface area contributed by atoms with Crippen molar-refractivity contribution in [1.82, 2.24) is 4.90 Å². The number of carbonyl (C=O) groups excluding carboxylic acids is 3. The normalized spacial score (nSPS) is 13.2. The van der Waals surface area contributed by atoms with Crippen molar-refractivity contribution in [2.24, 2.45) is 0 Å². The molecule has 0 unspecified atom stereocenters. The summed E-state index contributed by atoms with van der Waals surface area (Å²) in [6, 6.07) is 4.13. The van der Waals surface area contributed by atoms with Crippen LogP contribution in [0.3, 0.4) is 0 Å². The van der Waals surface area contributed by atoms with Gasteiger partial charge in [0.05, 0.1) is 22.5 Å². The number of likely N-dealkylation sites (tertiary alicyclic amines) is 1. The van der Waals surface area contributed by atoms with Crippen LogP contribution < -0.4 is 5.32 Å². The van der Waals surface area contributed by atoms with Crippen LogP contribution in [0.15, 0.2) is 18.2 Å². The Kier molecular flexibility index (Phi) is 6.16. The molecular formula is C20H21N3O6S. The molecule has 1 aromatic heterocycles. The van der Waals surface area contributed by atoms with Crippen LogP contribution in [-0.2, 0) is 4.74 Å². The molecule has 1 aliphatic rings. The number of aryl methyl sites for hydroxylation is 1. The molecule has 0 bridgehead atoms. The Balaban J connectivity index is 1.96. The van der Waals surface area contributed by atoms with E-state index in [1.807, 2.05) is 0 Å². The maximum absolute atomic E-state index is 12.9. The van der Waals surface area contributed by atoms with Crippen LogP contribution >= 0.6 is 11.3 Å². The number of hydrogen-bond acceptors (Lipinski definition) is 7. The van der Waals surface area contributed by atoms with Gasteiger partial charge in [-0.05, 0) is 38.3 Å². The third kappa shape index (κ3) is 4.04. The second-order valence-electron chi connectivity index (χ2n) is 6.96. The predicted octanol–water partition coefficient (Wildman–Crippen LogP) is 3.55. The van der Waals surface area contributed by atoms with Gasteiger partial charge in [-0.25, -0.2) is 4.79 Å². The van der Waals surface area contributed by atoms with Gasteiger partial charge in [-0.15, -0.1) is 11.3 Å². The zero-order chi connectivity index (χ0) is 22.0. The fraction of sp³-hybridized carbons (Fsp3) is 0.350. The van der Waals surface area contributed by atoms with Gasteiger partial charge in [0.1, 0.15) is 5.00 Å². The molecule has 0 atom stereocenters. The van der Waals surface area contributed by atoms with Crippen LogP contribution in [-0.4, -0.2) is 47.8 Å². The summed E-state index contributed by atoms with van der Waals surface area (Å²) in [6.45, 7) is 4.52. The lowest BCUT2D eigenvalue weighted by Gasteiger charge is -2.14. The quantitative estimate of drug-likeness (QED) is 0.439. The first kappa shape index (κ1) is 21.4. The highest BCUT2D eigenvalue weighted by molar-refractivity contribution is 7.18. The Labute approximate surface area is 176 Å². The minimum atomic E-state index is -0.672. The van der Waals surface area contributed by atoms with Crippen molar-refractivity contribution in [3.05, 3.63) is 55.4 Å². The maximum Gasteiger partial charge on any atom is 0.341 e. The van der Waals surface area contributed by atoms with E-state index >= 15 is 0 Å². The summed E-state index contributed by atoms with van der Waals surface area (Å²) in [7, 11) is 1.22. The standard InChI is InChI=1S/C20H21N3O6S/c1-11-6-7-13(10-14(11)23(27)28)17(24)21-18-15(20(26)29-3)12(2)16(30-18)19(25)22-8-4-5-9-22/h6-7,10H,4-5,8-9H2,1-3H3,(H,21,24). The van der Waals surface area contributed by atoms with Gasteiger partial charge >= 0.3 is 5.97 Å². The monoisotopic (exact) mass is 431 g/mol. The SMILES string of the molecule is COC(=O)c1c(NC(=O)c2ccc(C)c([N+](=O)[O-])c2)sc(C(=O)N2CCCC2)c1C. The van der Waals surface area contributed by atoms with E-state index in [4.69, 9.17) is 4.74 Å². The zero-order valence-corrected chi connectivity index (χ0v) is 17.6. The molecule has 2 amide bonds. The number of carbonyl (C=O) groups is 3. The first-order valence-electron chi connectivity index (χ1n) is 9.32. The Morgan fingerprint density at radius 1 is 1.20 bits per heavy atom. The number of thiophene rings is 1. The van der Waals surface area contributed by atoms with Gasteiger partial charge in [-0.1, -0.05) is 6.07 Å². The molecule has 158 valence electrons. The van der Waals surface area contributed by atoms with Crippen molar-refractivity contribution in [3.8, 4) is 0 Å². The van der Waals surface area contributed by atoms with Crippen LogP contribution in [0.4, 0.5) is 10.7 Å². The molecule has 1 fully saturated rings. The molecule has 1 N–H and O–H groups in total. The highest BCUT2D eigenvalue weighted by Gasteiger charge is 2.30. The molecule has 3 rings (SSSR count). The lowest BCUT2D eigenvalue weighted by atomic mass is 10.1. The van der Waals surface area contributed by atoms with E-state index in [9.17, 15) is 24.5 Å². The van der Waals surface area contributed by atoms with Crippen LogP contribution in [0.25, 0.3) is 0 Å². The minimum Gasteiger partial charge on any atom is -0.465 e. The third-order valence-corrected chi connectivity index (χ3v) is 6.21. The van der Waals surface area contributed by atoms with Gasteiger partial charge in [-0.3, -0.25) is 19.7 Å². The van der Waals surface area contributed by atoms with Crippen LogP contribution in [0.1, 0.15) is 54.4 Å². The van der Waals surface area contributed by atoms with Gasteiger partial charge in [0.15, 0.2) is 0 Å². The van der Waals surface area contributed by atoms with Crippen LogP contribution in [0.5, 0.6) is 0 Å². The maximum atomic E-state index is 12.9. The number of nitro benzene ring substituents is 1. The Morgan fingerprint density at radius 2 is 1.87 bits per heavy atom. The fourth-order valence-electron chi connectivity index (χ4n) is 3.34. The summed E-state index contributed by atoms with van der Waals surface area (Å²) < 4.78 is 4.83. The number of anilines is 1. The molecule has 0 spiro atoms. The molecular weight excluding hydrogens is 410 g/mol. The summed E-state index contributed by atoms with van der Waals surface area (Å²) >= 11 is 1.00. The summed E-state index contributed by atoms with van der Waals surface area (Å²) in [6.07, 6.45) is 1.85. The molecule has 0 aliphatic carbocycles. The lowest BCUT2D eigenvalue weighted by Crippen LogP contribution is -2.27. The zero-order valence-electron chi connectivity index (χ0n) is 16.8. The van der Waals surface area contributed by atoms with Crippen molar-refractivity contribution in [1.29, 1.82) is 0 Å². The molecule has 1 aliphatic heterocycles. The number of hydrogen-bond donors (Lipinski definition) is 1. The number of nitrogens with one attached hydrogen (secondary N) is 1. The summed E-state index contributed by atoms with van der Waals surface area (Å²) in [5, 5.41) is 14.0. The largest absolute Gasteiger partial charge is 0.465 e. The number of nitrogens with zero attached hydrogens (tertiary/aromatic N) is 2. The van der Waals surface area contributed by atoms with E-state index in [2.05, 4.69) is 5.32 Å². The molecule has 1 aromatic carbocycles. The molecule has 1 saturated heterocycles. The number of benzene rings is 1. The van der Waals surface area contributed by atoms with Gasteiger partial charge in [0, 0.05) is 30.3 Å². The number of amides is 2. The van der Waals surface area contributed by atoms with E-state index in [0.717, 1.165) is 24.2 Å². The van der Waals surface area contributed by atoms with Crippen molar-refractivity contribution >= 4 is 39.8 Å². The Hall–Kier alpha value is -3.27. The van der Waals surface area contributed by atoms with Crippen molar-refractivity contribution in [3.63, 3.8) is 0 Å². The van der Waals surface area contributed by atoms with E-state index in [0.29, 0.717) is 29.1 Å². The molecule has 30 heavy (non-hydrogen) atoms. The van der Waals surface area contributed by atoms with Gasteiger partial charge in [0.2, 0.25) is 0 Å². The Morgan fingerprint density at radius 3 is 2.47 bits per heavy atom.